The second-order valence-corrected chi connectivity index (χ2v) is 4.22. The van der Waals surface area contributed by atoms with Gasteiger partial charge in [-0.3, -0.25) is 9.67 Å². The number of aryl methyl sites for hydroxylation is 1. The van der Waals surface area contributed by atoms with E-state index < -0.39 is 0 Å². The highest BCUT2D eigenvalue weighted by Crippen LogP contribution is 2.26. The fourth-order valence-electron chi connectivity index (χ4n) is 1.85. The predicted molar refractivity (Wildman–Crippen MR) is 65.6 cm³/mol. The predicted octanol–water partition coefficient (Wildman–Crippen LogP) is 3.01. The molecule has 0 aromatic carbocycles. The van der Waals surface area contributed by atoms with E-state index in [9.17, 15) is 0 Å². The van der Waals surface area contributed by atoms with Gasteiger partial charge >= 0.3 is 0 Å². The van der Waals surface area contributed by atoms with Crippen LogP contribution in [0.5, 0.6) is 0 Å². The van der Waals surface area contributed by atoms with Gasteiger partial charge in [0, 0.05) is 36.3 Å². The molecule has 0 saturated carbocycles. The molecule has 16 heavy (non-hydrogen) atoms. The third-order valence-electron chi connectivity index (χ3n) is 2.79. The molecule has 0 N–H and O–H groups in total. The summed E-state index contributed by atoms with van der Waals surface area (Å²) in [6, 6.07) is 1.90. The summed E-state index contributed by atoms with van der Waals surface area (Å²) in [6.07, 6.45) is 4.39. The fourth-order valence-corrected chi connectivity index (χ4v) is 2.02. The molecule has 0 unspecified atom stereocenters. The second kappa shape index (κ2) is 4.26. The van der Waals surface area contributed by atoms with Crippen LogP contribution in [0.3, 0.4) is 0 Å². The quantitative estimate of drug-likeness (QED) is 0.801. The molecule has 0 saturated heterocycles. The number of halogens is 1. The van der Waals surface area contributed by atoms with E-state index in [2.05, 4.69) is 23.9 Å². The molecule has 3 nitrogen and oxygen atoms in total. The van der Waals surface area contributed by atoms with Gasteiger partial charge in [0.05, 0.1) is 10.7 Å². The van der Waals surface area contributed by atoms with Crippen LogP contribution < -0.4 is 0 Å². The molecule has 0 spiro atoms. The van der Waals surface area contributed by atoms with Crippen LogP contribution >= 0.6 is 11.6 Å². The zero-order chi connectivity index (χ0) is 11.7. The first-order chi connectivity index (χ1) is 7.63. The van der Waals surface area contributed by atoms with Gasteiger partial charge in [-0.25, -0.2) is 0 Å². The SMILES string of the molecule is CCc1c(-c2cncc(Cl)c2)nn(C)c1C. The lowest BCUT2D eigenvalue weighted by Crippen LogP contribution is -1.93. The van der Waals surface area contributed by atoms with Crippen molar-refractivity contribution < 1.29 is 0 Å². The molecule has 2 aromatic heterocycles. The van der Waals surface area contributed by atoms with Gasteiger partial charge in [-0.2, -0.15) is 5.10 Å². The third-order valence-corrected chi connectivity index (χ3v) is 3.00. The Morgan fingerprint density at radius 3 is 2.75 bits per heavy atom. The van der Waals surface area contributed by atoms with Crippen molar-refractivity contribution in [2.75, 3.05) is 0 Å². The molecule has 0 aliphatic carbocycles. The van der Waals surface area contributed by atoms with E-state index in [0.717, 1.165) is 17.7 Å². The summed E-state index contributed by atoms with van der Waals surface area (Å²) >= 11 is 5.94. The van der Waals surface area contributed by atoms with E-state index in [1.165, 1.54) is 11.3 Å². The molecule has 0 aliphatic heterocycles. The van der Waals surface area contributed by atoms with Crippen molar-refractivity contribution in [3.05, 3.63) is 34.7 Å². The highest BCUT2D eigenvalue weighted by atomic mass is 35.5. The average Bonchev–Trinajstić information content (AvgIpc) is 2.55. The van der Waals surface area contributed by atoms with Gasteiger partial charge in [-0.15, -0.1) is 0 Å². The lowest BCUT2D eigenvalue weighted by Gasteiger charge is -2.00. The van der Waals surface area contributed by atoms with Gasteiger partial charge in [0.2, 0.25) is 0 Å². The van der Waals surface area contributed by atoms with Gasteiger partial charge in [-0.1, -0.05) is 18.5 Å². The third kappa shape index (κ3) is 1.83. The Kier molecular flexibility index (Phi) is 2.97. The monoisotopic (exact) mass is 235 g/mol. The molecule has 4 heteroatoms. The first-order valence-electron chi connectivity index (χ1n) is 5.27. The van der Waals surface area contributed by atoms with Crippen molar-refractivity contribution in [1.29, 1.82) is 0 Å². The maximum Gasteiger partial charge on any atom is 0.0973 e. The van der Waals surface area contributed by atoms with Gasteiger partial charge in [0.1, 0.15) is 0 Å². The topological polar surface area (TPSA) is 30.7 Å². The number of hydrogen-bond acceptors (Lipinski definition) is 2. The maximum atomic E-state index is 5.94. The molecular formula is C12H14ClN3. The molecular weight excluding hydrogens is 222 g/mol. The highest BCUT2D eigenvalue weighted by molar-refractivity contribution is 6.30. The Hall–Kier alpha value is -1.35. The van der Waals surface area contributed by atoms with Crippen LogP contribution in [0.25, 0.3) is 11.3 Å². The number of pyridine rings is 1. The molecule has 0 bridgehead atoms. The molecule has 84 valence electrons. The fraction of sp³-hybridized carbons (Fsp3) is 0.333. The van der Waals surface area contributed by atoms with Crippen molar-refractivity contribution in [2.45, 2.75) is 20.3 Å². The lowest BCUT2D eigenvalue weighted by molar-refractivity contribution is 0.740. The van der Waals surface area contributed by atoms with Crippen LogP contribution in [-0.4, -0.2) is 14.8 Å². The second-order valence-electron chi connectivity index (χ2n) is 3.78. The van der Waals surface area contributed by atoms with Crippen LogP contribution in [0.15, 0.2) is 18.5 Å². The normalized spacial score (nSPS) is 10.8. The highest BCUT2D eigenvalue weighted by Gasteiger charge is 2.13. The van der Waals surface area contributed by atoms with Crippen molar-refractivity contribution >= 4 is 11.6 Å². The van der Waals surface area contributed by atoms with Gasteiger partial charge in [0.15, 0.2) is 0 Å². The molecule has 0 fully saturated rings. The van der Waals surface area contributed by atoms with Crippen molar-refractivity contribution in [3.8, 4) is 11.3 Å². The first kappa shape index (κ1) is 11.1. The minimum Gasteiger partial charge on any atom is -0.272 e. The van der Waals surface area contributed by atoms with Gasteiger partial charge in [0.25, 0.3) is 0 Å². The summed E-state index contributed by atoms with van der Waals surface area (Å²) in [5.41, 5.74) is 4.41. The van der Waals surface area contributed by atoms with Crippen LogP contribution in [0, 0.1) is 6.92 Å². The zero-order valence-electron chi connectivity index (χ0n) is 9.66. The van der Waals surface area contributed by atoms with E-state index >= 15 is 0 Å². The summed E-state index contributed by atoms with van der Waals surface area (Å²) in [6.45, 7) is 4.21. The molecule has 0 atom stereocenters. The van der Waals surface area contributed by atoms with Gasteiger partial charge < -0.3 is 0 Å². The van der Waals surface area contributed by atoms with E-state index in [1.54, 1.807) is 12.4 Å². The minimum absolute atomic E-state index is 0.642. The van der Waals surface area contributed by atoms with Crippen LogP contribution in [-0.2, 0) is 13.5 Å². The largest absolute Gasteiger partial charge is 0.272 e. The zero-order valence-corrected chi connectivity index (χ0v) is 10.4. The summed E-state index contributed by atoms with van der Waals surface area (Å²) in [5, 5.41) is 5.15. The summed E-state index contributed by atoms with van der Waals surface area (Å²) in [7, 11) is 1.95. The smallest absolute Gasteiger partial charge is 0.0973 e. The Bertz CT molecular complexity index is 517. The Morgan fingerprint density at radius 1 is 1.38 bits per heavy atom. The van der Waals surface area contributed by atoms with Crippen molar-refractivity contribution in [3.63, 3.8) is 0 Å². The number of rotatable bonds is 2. The van der Waals surface area contributed by atoms with Crippen molar-refractivity contribution in [2.24, 2.45) is 7.05 Å². The summed E-state index contributed by atoms with van der Waals surface area (Å²) < 4.78 is 1.90. The first-order valence-corrected chi connectivity index (χ1v) is 5.64. The van der Waals surface area contributed by atoms with E-state index in [4.69, 9.17) is 11.6 Å². The van der Waals surface area contributed by atoms with Crippen molar-refractivity contribution in [1.82, 2.24) is 14.8 Å². The molecule has 2 heterocycles. The van der Waals surface area contributed by atoms with E-state index in [-0.39, 0.29) is 0 Å². The van der Waals surface area contributed by atoms with Gasteiger partial charge in [-0.05, 0) is 19.4 Å². The minimum atomic E-state index is 0.642. The standard InChI is InChI=1S/C12H14ClN3/c1-4-11-8(2)16(3)15-12(11)9-5-10(13)7-14-6-9/h5-7H,4H2,1-3H3. The van der Waals surface area contributed by atoms with E-state index in [0.29, 0.717) is 5.02 Å². The number of hydrogen-bond donors (Lipinski definition) is 0. The Balaban J connectivity index is 2.60. The molecule has 2 rings (SSSR count). The van der Waals surface area contributed by atoms with Crippen LogP contribution in [0.1, 0.15) is 18.2 Å². The van der Waals surface area contributed by atoms with Crippen LogP contribution in [0.2, 0.25) is 5.02 Å². The molecule has 0 aliphatic rings. The molecule has 0 radical (unpaired) electrons. The Morgan fingerprint density at radius 2 is 2.12 bits per heavy atom. The number of nitrogens with zero attached hydrogens (tertiary/aromatic N) is 3. The Labute approximate surface area is 100 Å². The van der Waals surface area contributed by atoms with E-state index in [1.807, 2.05) is 17.8 Å². The summed E-state index contributed by atoms with van der Waals surface area (Å²) in [4.78, 5) is 4.09. The maximum absolute atomic E-state index is 5.94. The molecule has 2 aromatic rings. The average molecular weight is 236 g/mol. The summed E-state index contributed by atoms with van der Waals surface area (Å²) in [5.74, 6) is 0. The molecule has 0 amide bonds. The van der Waals surface area contributed by atoms with Crippen LogP contribution in [0.4, 0.5) is 0 Å². The number of aromatic nitrogens is 3. The lowest BCUT2D eigenvalue weighted by atomic mass is 10.1.